The Hall–Kier alpha value is -3.99. The van der Waals surface area contributed by atoms with Gasteiger partial charge in [-0.1, -0.05) is 42.5 Å². The number of aromatic nitrogens is 5. The van der Waals surface area contributed by atoms with Gasteiger partial charge in [-0.2, -0.15) is 5.10 Å². The fraction of sp³-hybridized carbons (Fsp3) is 0.0417. The minimum absolute atomic E-state index is 0.782. The smallest absolute Gasteiger partial charge is 0.159 e. The standard InChI is InChI=1S/C24H17N5/c1-29-22-11-10-15(19-14-25-13-16-6-2-3-7-17(16)19)12-18(22)23(28-29)24-26-20-8-4-5-9-21(20)27-24/h2-14H,1H3,(H,26,27). The van der Waals surface area contributed by atoms with Crippen LogP contribution < -0.4 is 0 Å². The van der Waals surface area contributed by atoms with Crippen LogP contribution in [0.15, 0.2) is 79.1 Å². The summed E-state index contributed by atoms with van der Waals surface area (Å²) in [5, 5.41) is 8.15. The van der Waals surface area contributed by atoms with E-state index in [4.69, 9.17) is 10.1 Å². The molecule has 0 saturated heterocycles. The van der Waals surface area contributed by atoms with Crippen LogP contribution in [0.3, 0.4) is 0 Å². The van der Waals surface area contributed by atoms with E-state index in [-0.39, 0.29) is 0 Å². The largest absolute Gasteiger partial charge is 0.337 e. The first-order valence-electron chi connectivity index (χ1n) is 9.53. The highest BCUT2D eigenvalue weighted by Gasteiger charge is 2.16. The molecule has 1 N–H and O–H groups in total. The fourth-order valence-corrected chi connectivity index (χ4v) is 4.02. The van der Waals surface area contributed by atoms with Crippen molar-refractivity contribution in [1.82, 2.24) is 24.7 Å². The van der Waals surface area contributed by atoms with E-state index in [1.807, 2.05) is 54.5 Å². The SMILES string of the molecule is Cn1nc(-c2nc3ccccc3[nH]2)c2cc(-c3cncc4ccccc34)ccc21. The van der Waals surface area contributed by atoms with Crippen LogP contribution in [0.5, 0.6) is 0 Å². The number of fused-ring (bicyclic) bond motifs is 3. The third-order valence-corrected chi connectivity index (χ3v) is 5.44. The number of rotatable bonds is 2. The first-order valence-corrected chi connectivity index (χ1v) is 9.53. The summed E-state index contributed by atoms with van der Waals surface area (Å²) in [5.74, 6) is 0.782. The fourth-order valence-electron chi connectivity index (χ4n) is 4.02. The lowest BCUT2D eigenvalue weighted by Crippen LogP contribution is -1.90. The first-order chi connectivity index (χ1) is 14.3. The van der Waals surface area contributed by atoms with Gasteiger partial charge in [-0.15, -0.1) is 0 Å². The topological polar surface area (TPSA) is 59.4 Å². The van der Waals surface area contributed by atoms with Gasteiger partial charge in [0, 0.05) is 35.8 Å². The van der Waals surface area contributed by atoms with E-state index in [1.165, 1.54) is 5.39 Å². The maximum absolute atomic E-state index is 4.76. The predicted octanol–water partition coefficient (Wildman–Crippen LogP) is 5.33. The minimum Gasteiger partial charge on any atom is -0.337 e. The molecule has 29 heavy (non-hydrogen) atoms. The van der Waals surface area contributed by atoms with Crippen molar-refractivity contribution in [2.45, 2.75) is 0 Å². The first kappa shape index (κ1) is 16.0. The van der Waals surface area contributed by atoms with Gasteiger partial charge in [0.05, 0.1) is 16.6 Å². The second kappa shape index (κ2) is 6.01. The van der Waals surface area contributed by atoms with Crippen LogP contribution in [0.25, 0.3) is 55.4 Å². The van der Waals surface area contributed by atoms with Crippen molar-refractivity contribution in [3.63, 3.8) is 0 Å². The monoisotopic (exact) mass is 375 g/mol. The summed E-state index contributed by atoms with van der Waals surface area (Å²) in [6.07, 6.45) is 3.84. The molecule has 5 nitrogen and oxygen atoms in total. The van der Waals surface area contributed by atoms with E-state index in [0.29, 0.717) is 0 Å². The quantitative estimate of drug-likeness (QED) is 0.445. The van der Waals surface area contributed by atoms with E-state index in [9.17, 15) is 0 Å². The summed E-state index contributed by atoms with van der Waals surface area (Å²) >= 11 is 0. The number of nitrogens with one attached hydrogen (secondary N) is 1. The number of aryl methyl sites for hydroxylation is 1. The molecular weight excluding hydrogens is 358 g/mol. The molecule has 0 aliphatic rings. The zero-order valence-corrected chi connectivity index (χ0v) is 15.8. The highest BCUT2D eigenvalue weighted by Crippen LogP contribution is 2.33. The summed E-state index contributed by atoms with van der Waals surface area (Å²) in [6, 6.07) is 22.8. The molecule has 0 unspecified atom stereocenters. The van der Waals surface area contributed by atoms with Gasteiger partial charge >= 0.3 is 0 Å². The molecule has 5 heteroatoms. The van der Waals surface area contributed by atoms with Crippen molar-refractivity contribution in [2.24, 2.45) is 7.05 Å². The van der Waals surface area contributed by atoms with Crippen LogP contribution in [-0.2, 0) is 7.05 Å². The Bertz CT molecular complexity index is 1480. The molecule has 3 heterocycles. The van der Waals surface area contributed by atoms with Crippen LogP contribution in [0.4, 0.5) is 0 Å². The Morgan fingerprint density at radius 1 is 0.862 bits per heavy atom. The predicted molar refractivity (Wildman–Crippen MR) is 117 cm³/mol. The highest BCUT2D eigenvalue weighted by atomic mass is 15.3. The molecule has 138 valence electrons. The molecule has 0 spiro atoms. The molecule has 0 aliphatic carbocycles. The van der Waals surface area contributed by atoms with Crippen LogP contribution in [0.1, 0.15) is 0 Å². The molecule has 6 rings (SSSR count). The molecule has 0 radical (unpaired) electrons. The van der Waals surface area contributed by atoms with E-state index in [2.05, 4.69) is 46.4 Å². The normalized spacial score (nSPS) is 11.6. The van der Waals surface area contributed by atoms with Gasteiger partial charge in [0.2, 0.25) is 0 Å². The Morgan fingerprint density at radius 2 is 1.72 bits per heavy atom. The molecule has 0 amide bonds. The van der Waals surface area contributed by atoms with E-state index < -0.39 is 0 Å². The van der Waals surface area contributed by atoms with Crippen LogP contribution >= 0.6 is 0 Å². The number of hydrogen-bond donors (Lipinski definition) is 1. The van der Waals surface area contributed by atoms with Crippen molar-refractivity contribution in [1.29, 1.82) is 0 Å². The number of benzene rings is 3. The lowest BCUT2D eigenvalue weighted by atomic mass is 9.99. The van der Waals surface area contributed by atoms with Gasteiger partial charge in [0.15, 0.2) is 5.82 Å². The summed E-state index contributed by atoms with van der Waals surface area (Å²) in [7, 11) is 1.97. The maximum Gasteiger partial charge on any atom is 0.159 e. The number of H-pyrrole nitrogens is 1. The second-order valence-electron chi connectivity index (χ2n) is 7.21. The molecule has 0 atom stereocenters. The van der Waals surface area contributed by atoms with Crippen molar-refractivity contribution in [2.75, 3.05) is 0 Å². The van der Waals surface area contributed by atoms with Crippen molar-refractivity contribution >= 4 is 32.7 Å². The molecule has 0 saturated carbocycles. The second-order valence-corrected chi connectivity index (χ2v) is 7.21. The number of hydrogen-bond acceptors (Lipinski definition) is 3. The minimum atomic E-state index is 0.782. The van der Waals surface area contributed by atoms with Gasteiger partial charge in [0.25, 0.3) is 0 Å². The molecule has 3 aromatic carbocycles. The number of nitrogens with zero attached hydrogens (tertiary/aromatic N) is 4. The number of aromatic amines is 1. The number of pyridine rings is 1. The van der Waals surface area contributed by atoms with Crippen LogP contribution in [0.2, 0.25) is 0 Å². The van der Waals surface area contributed by atoms with Gasteiger partial charge in [-0.25, -0.2) is 4.98 Å². The van der Waals surface area contributed by atoms with Gasteiger partial charge < -0.3 is 4.98 Å². The number of para-hydroxylation sites is 2. The zero-order valence-electron chi connectivity index (χ0n) is 15.8. The Labute approximate surface area is 166 Å². The molecule has 3 aromatic heterocycles. The van der Waals surface area contributed by atoms with Crippen LogP contribution in [0, 0.1) is 0 Å². The molecule has 0 aliphatic heterocycles. The van der Waals surface area contributed by atoms with Crippen molar-refractivity contribution < 1.29 is 0 Å². The average molecular weight is 375 g/mol. The molecule has 0 fully saturated rings. The lowest BCUT2D eigenvalue weighted by Gasteiger charge is -2.07. The Balaban J connectivity index is 1.60. The van der Waals surface area contributed by atoms with Gasteiger partial charge in [-0.3, -0.25) is 9.67 Å². The average Bonchev–Trinajstić information content (AvgIpc) is 3.34. The number of imidazole rings is 1. The van der Waals surface area contributed by atoms with Gasteiger partial charge in [-0.05, 0) is 35.2 Å². The molecule has 0 bridgehead atoms. The van der Waals surface area contributed by atoms with Crippen molar-refractivity contribution in [3.05, 3.63) is 79.1 Å². The zero-order chi connectivity index (χ0) is 19.4. The third kappa shape index (κ3) is 2.44. The Morgan fingerprint density at radius 3 is 2.66 bits per heavy atom. The van der Waals surface area contributed by atoms with E-state index in [1.54, 1.807) is 0 Å². The highest BCUT2D eigenvalue weighted by molar-refractivity contribution is 6.00. The Kier molecular flexibility index (Phi) is 3.32. The van der Waals surface area contributed by atoms with Crippen molar-refractivity contribution in [3.8, 4) is 22.6 Å². The van der Waals surface area contributed by atoms with E-state index in [0.717, 1.165) is 50.0 Å². The third-order valence-electron chi connectivity index (χ3n) is 5.44. The van der Waals surface area contributed by atoms with E-state index >= 15 is 0 Å². The summed E-state index contributed by atoms with van der Waals surface area (Å²) in [4.78, 5) is 12.6. The summed E-state index contributed by atoms with van der Waals surface area (Å²) in [5.41, 5.74) is 6.11. The summed E-state index contributed by atoms with van der Waals surface area (Å²) in [6.45, 7) is 0. The molecular formula is C24H17N5. The van der Waals surface area contributed by atoms with Gasteiger partial charge in [0.1, 0.15) is 5.69 Å². The summed E-state index contributed by atoms with van der Waals surface area (Å²) < 4.78 is 1.91. The molecule has 6 aromatic rings. The maximum atomic E-state index is 4.76. The lowest BCUT2D eigenvalue weighted by molar-refractivity contribution is 0.798. The van der Waals surface area contributed by atoms with Crippen LogP contribution in [-0.4, -0.2) is 24.7 Å².